The molecule has 0 bridgehead atoms. The van der Waals surface area contributed by atoms with Crippen molar-refractivity contribution in [3.8, 4) is 0 Å². The molecule has 0 saturated carbocycles. The highest BCUT2D eigenvalue weighted by molar-refractivity contribution is 5.16. The van der Waals surface area contributed by atoms with E-state index in [2.05, 4.69) is 32.6 Å². The second-order valence-electron chi connectivity index (χ2n) is 5.38. The van der Waals surface area contributed by atoms with Gasteiger partial charge in [-0.25, -0.2) is 4.39 Å². The fourth-order valence-electron chi connectivity index (χ4n) is 1.81. The van der Waals surface area contributed by atoms with Crippen LogP contribution in [0.1, 0.15) is 39.7 Å². The van der Waals surface area contributed by atoms with Gasteiger partial charge in [-0.2, -0.15) is 0 Å². The Labute approximate surface area is 105 Å². The van der Waals surface area contributed by atoms with E-state index in [9.17, 15) is 4.39 Å². The lowest BCUT2D eigenvalue weighted by atomic mass is 10.1. The maximum absolute atomic E-state index is 13.1. The first-order valence-corrected chi connectivity index (χ1v) is 6.47. The van der Waals surface area contributed by atoms with Gasteiger partial charge < -0.3 is 0 Å². The zero-order chi connectivity index (χ0) is 12.8. The van der Waals surface area contributed by atoms with Gasteiger partial charge in [-0.05, 0) is 50.4 Å². The molecule has 1 aromatic rings. The Bertz CT molecular complexity index is 333. The second-order valence-corrected chi connectivity index (χ2v) is 5.38. The highest BCUT2D eigenvalue weighted by Crippen LogP contribution is 2.12. The van der Waals surface area contributed by atoms with Gasteiger partial charge in [-0.3, -0.25) is 4.90 Å². The fourth-order valence-corrected chi connectivity index (χ4v) is 1.81. The summed E-state index contributed by atoms with van der Waals surface area (Å²) in [5.41, 5.74) is 1.06. The molecule has 0 N–H and O–H groups in total. The minimum absolute atomic E-state index is 0.143. The molecule has 0 amide bonds. The standard InChI is InChI=1S/C15H24FN/c1-12(2)8-9-17(13(3)4)11-14-6-5-7-15(16)10-14/h5-7,10,12-13H,8-9,11H2,1-4H3. The summed E-state index contributed by atoms with van der Waals surface area (Å²) in [5, 5.41) is 0. The average Bonchev–Trinajstić information content (AvgIpc) is 2.23. The molecule has 0 aromatic heterocycles. The molecule has 0 fully saturated rings. The second kappa shape index (κ2) is 6.75. The molecule has 0 saturated heterocycles. The predicted octanol–water partition coefficient (Wildman–Crippen LogP) is 4.08. The molecule has 0 aliphatic heterocycles. The van der Waals surface area contributed by atoms with Crippen molar-refractivity contribution in [1.82, 2.24) is 4.90 Å². The van der Waals surface area contributed by atoms with Gasteiger partial charge in [0.25, 0.3) is 0 Å². The van der Waals surface area contributed by atoms with Crippen molar-refractivity contribution >= 4 is 0 Å². The zero-order valence-electron chi connectivity index (χ0n) is 11.4. The summed E-state index contributed by atoms with van der Waals surface area (Å²) in [6.07, 6.45) is 1.19. The molecule has 0 spiro atoms. The molecule has 0 aliphatic carbocycles. The molecular weight excluding hydrogens is 213 g/mol. The molecule has 0 aliphatic rings. The molecule has 0 unspecified atom stereocenters. The van der Waals surface area contributed by atoms with Crippen LogP contribution >= 0.6 is 0 Å². The smallest absolute Gasteiger partial charge is 0.123 e. The molecule has 0 atom stereocenters. The highest BCUT2D eigenvalue weighted by Gasteiger charge is 2.10. The van der Waals surface area contributed by atoms with Gasteiger partial charge in [0.2, 0.25) is 0 Å². The summed E-state index contributed by atoms with van der Waals surface area (Å²) in [6, 6.07) is 7.40. The molecule has 1 aromatic carbocycles. The van der Waals surface area contributed by atoms with Crippen LogP contribution in [0.2, 0.25) is 0 Å². The van der Waals surface area contributed by atoms with Gasteiger partial charge in [0.1, 0.15) is 5.82 Å². The predicted molar refractivity (Wildman–Crippen MR) is 71.4 cm³/mol. The van der Waals surface area contributed by atoms with E-state index < -0.39 is 0 Å². The quantitative estimate of drug-likeness (QED) is 0.720. The van der Waals surface area contributed by atoms with Crippen LogP contribution in [-0.4, -0.2) is 17.5 Å². The molecule has 1 nitrogen and oxygen atoms in total. The van der Waals surface area contributed by atoms with Crippen LogP contribution < -0.4 is 0 Å². The Morgan fingerprint density at radius 2 is 1.88 bits per heavy atom. The van der Waals surface area contributed by atoms with E-state index in [-0.39, 0.29) is 5.82 Å². The van der Waals surface area contributed by atoms with Crippen molar-refractivity contribution in [2.75, 3.05) is 6.54 Å². The summed E-state index contributed by atoms with van der Waals surface area (Å²) >= 11 is 0. The van der Waals surface area contributed by atoms with Crippen molar-refractivity contribution in [1.29, 1.82) is 0 Å². The topological polar surface area (TPSA) is 3.24 Å². The lowest BCUT2D eigenvalue weighted by molar-refractivity contribution is 0.201. The summed E-state index contributed by atoms with van der Waals surface area (Å²) in [7, 11) is 0. The van der Waals surface area contributed by atoms with E-state index in [1.807, 2.05) is 6.07 Å². The molecule has 96 valence electrons. The van der Waals surface area contributed by atoms with Crippen LogP contribution in [-0.2, 0) is 6.54 Å². The van der Waals surface area contributed by atoms with E-state index in [0.29, 0.717) is 12.0 Å². The zero-order valence-corrected chi connectivity index (χ0v) is 11.4. The largest absolute Gasteiger partial charge is 0.297 e. The Hall–Kier alpha value is -0.890. The first kappa shape index (κ1) is 14.2. The van der Waals surface area contributed by atoms with Crippen LogP contribution in [0.25, 0.3) is 0 Å². The van der Waals surface area contributed by atoms with E-state index in [0.717, 1.165) is 18.7 Å². The molecule has 17 heavy (non-hydrogen) atoms. The third-order valence-electron chi connectivity index (χ3n) is 3.00. The van der Waals surface area contributed by atoms with Crippen molar-refractivity contribution in [2.24, 2.45) is 5.92 Å². The third-order valence-corrected chi connectivity index (χ3v) is 3.00. The van der Waals surface area contributed by atoms with Crippen LogP contribution in [0.3, 0.4) is 0 Å². The lowest BCUT2D eigenvalue weighted by Gasteiger charge is -2.27. The molecular formula is C15H24FN. The van der Waals surface area contributed by atoms with Crippen LogP contribution in [0.4, 0.5) is 4.39 Å². The Morgan fingerprint density at radius 3 is 2.41 bits per heavy atom. The normalized spacial score (nSPS) is 11.8. The first-order chi connectivity index (χ1) is 7.99. The van der Waals surface area contributed by atoms with Gasteiger partial charge in [0.15, 0.2) is 0 Å². The van der Waals surface area contributed by atoms with Crippen molar-refractivity contribution in [2.45, 2.75) is 46.7 Å². The minimum atomic E-state index is -0.143. The third kappa shape index (κ3) is 5.31. The van der Waals surface area contributed by atoms with Crippen molar-refractivity contribution in [3.63, 3.8) is 0 Å². The summed E-state index contributed by atoms with van der Waals surface area (Å²) in [6.45, 7) is 10.8. The Balaban J connectivity index is 2.60. The van der Waals surface area contributed by atoms with Gasteiger partial charge >= 0.3 is 0 Å². The summed E-state index contributed by atoms with van der Waals surface area (Å²) in [4.78, 5) is 2.40. The van der Waals surface area contributed by atoms with Crippen LogP contribution in [0.15, 0.2) is 24.3 Å². The number of hydrogen-bond donors (Lipinski definition) is 0. The number of hydrogen-bond acceptors (Lipinski definition) is 1. The molecule has 0 radical (unpaired) electrons. The van der Waals surface area contributed by atoms with Crippen molar-refractivity contribution < 1.29 is 4.39 Å². The lowest BCUT2D eigenvalue weighted by Crippen LogP contribution is -2.32. The van der Waals surface area contributed by atoms with Crippen LogP contribution in [0.5, 0.6) is 0 Å². The van der Waals surface area contributed by atoms with E-state index in [1.54, 1.807) is 12.1 Å². The Kier molecular flexibility index (Phi) is 5.63. The Morgan fingerprint density at radius 1 is 1.18 bits per heavy atom. The van der Waals surface area contributed by atoms with Crippen LogP contribution in [0, 0.1) is 11.7 Å². The highest BCUT2D eigenvalue weighted by atomic mass is 19.1. The number of halogens is 1. The van der Waals surface area contributed by atoms with E-state index in [1.165, 1.54) is 12.5 Å². The number of benzene rings is 1. The van der Waals surface area contributed by atoms with Gasteiger partial charge in [0.05, 0.1) is 0 Å². The number of nitrogens with zero attached hydrogens (tertiary/aromatic N) is 1. The summed E-state index contributed by atoms with van der Waals surface area (Å²) in [5.74, 6) is 0.568. The molecule has 0 heterocycles. The van der Waals surface area contributed by atoms with Crippen molar-refractivity contribution in [3.05, 3.63) is 35.6 Å². The number of rotatable bonds is 6. The van der Waals surface area contributed by atoms with Gasteiger partial charge in [-0.15, -0.1) is 0 Å². The first-order valence-electron chi connectivity index (χ1n) is 6.47. The molecule has 1 rings (SSSR count). The maximum atomic E-state index is 13.1. The van der Waals surface area contributed by atoms with E-state index in [4.69, 9.17) is 0 Å². The average molecular weight is 237 g/mol. The summed E-state index contributed by atoms with van der Waals surface area (Å²) < 4.78 is 13.1. The SMILES string of the molecule is CC(C)CCN(Cc1cccc(F)c1)C(C)C. The molecule has 2 heteroatoms. The minimum Gasteiger partial charge on any atom is -0.297 e. The van der Waals surface area contributed by atoms with E-state index >= 15 is 0 Å². The van der Waals surface area contributed by atoms with Gasteiger partial charge in [0, 0.05) is 12.6 Å². The van der Waals surface area contributed by atoms with Gasteiger partial charge in [-0.1, -0.05) is 26.0 Å². The monoisotopic (exact) mass is 237 g/mol. The fraction of sp³-hybridized carbons (Fsp3) is 0.600. The maximum Gasteiger partial charge on any atom is 0.123 e.